The van der Waals surface area contributed by atoms with Crippen LogP contribution >= 0.6 is 11.3 Å². The lowest BCUT2D eigenvalue weighted by molar-refractivity contribution is 0.471. The zero-order valence-corrected chi connectivity index (χ0v) is 13.5. The molecule has 0 aliphatic carbocycles. The Balaban J connectivity index is 1.90. The number of aromatic hydroxyl groups is 1. The molecule has 0 saturated carbocycles. The number of nitrogens with one attached hydrogen (secondary N) is 1. The van der Waals surface area contributed by atoms with E-state index in [-0.39, 0.29) is 0 Å². The van der Waals surface area contributed by atoms with E-state index < -0.39 is 0 Å². The lowest BCUT2D eigenvalue weighted by Crippen LogP contribution is -2.05. The summed E-state index contributed by atoms with van der Waals surface area (Å²) in [4.78, 5) is 6.90. The summed E-state index contributed by atoms with van der Waals surface area (Å²) in [6.07, 6.45) is 2.13. The van der Waals surface area contributed by atoms with Crippen molar-refractivity contribution in [1.29, 1.82) is 0 Å². The fourth-order valence-electron chi connectivity index (χ4n) is 2.49. The van der Waals surface area contributed by atoms with Crippen LogP contribution in [0.15, 0.2) is 18.3 Å². The van der Waals surface area contributed by atoms with E-state index in [0.29, 0.717) is 12.3 Å². The van der Waals surface area contributed by atoms with Crippen LogP contribution in [0.2, 0.25) is 0 Å². The van der Waals surface area contributed by atoms with Crippen molar-refractivity contribution in [2.45, 2.75) is 34.2 Å². The molecule has 0 bridgehead atoms. The van der Waals surface area contributed by atoms with Crippen LogP contribution in [0.25, 0.3) is 4.96 Å². The lowest BCUT2D eigenvalue weighted by Gasteiger charge is -2.12. The molecule has 0 unspecified atom stereocenters. The number of aryl methyl sites for hydroxylation is 4. The van der Waals surface area contributed by atoms with E-state index in [1.807, 2.05) is 26.8 Å². The lowest BCUT2D eigenvalue weighted by atomic mass is 10.1. The fraction of sp³-hybridized carbons (Fsp3) is 0.312. The number of thiazole rings is 1. The molecule has 110 valence electrons. The zero-order chi connectivity index (χ0) is 15.1. The van der Waals surface area contributed by atoms with Gasteiger partial charge in [0.1, 0.15) is 5.75 Å². The van der Waals surface area contributed by atoms with Gasteiger partial charge in [-0.1, -0.05) is 0 Å². The minimum Gasteiger partial charge on any atom is -0.508 e. The first-order valence-corrected chi connectivity index (χ1v) is 7.75. The van der Waals surface area contributed by atoms with Crippen LogP contribution in [0.1, 0.15) is 27.4 Å². The van der Waals surface area contributed by atoms with Crippen LogP contribution in [0.5, 0.6) is 5.75 Å². The highest BCUT2D eigenvalue weighted by molar-refractivity contribution is 7.17. The number of nitrogens with zero attached hydrogens (tertiary/aromatic N) is 2. The zero-order valence-electron chi connectivity index (χ0n) is 12.7. The Labute approximate surface area is 128 Å². The summed E-state index contributed by atoms with van der Waals surface area (Å²) < 4.78 is 2.16. The van der Waals surface area contributed by atoms with E-state index in [1.54, 1.807) is 17.4 Å². The number of phenols is 1. The molecule has 2 N–H and O–H groups in total. The summed E-state index contributed by atoms with van der Waals surface area (Å²) in [7, 11) is 0. The number of fused-ring (bicyclic) bond motifs is 1. The first-order valence-electron chi connectivity index (χ1n) is 6.93. The average molecular weight is 301 g/mol. The molecule has 3 rings (SSSR count). The molecule has 21 heavy (non-hydrogen) atoms. The minimum atomic E-state index is 0.342. The molecule has 0 atom stereocenters. The quantitative estimate of drug-likeness (QED) is 0.720. The number of aromatic nitrogens is 2. The van der Waals surface area contributed by atoms with Crippen molar-refractivity contribution in [3.8, 4) is 5.75 Å². The number of hydrogen-bond donors (Lipinski definition) is 2. The molecular formula is C16H19N3OS. The number of phenolic OH excluding ortho intramolecular Hbond substituents is 1. The summed E-state index contributed by atoms with van der Waals surface area (Å²) >= 11 is 1.71. The second-order valence-electron chi connectivity index (χ2n) is 5.45. The highest BCUT2D eigenvalue weighted by atomic mass is 32.1. The Hall–Kier alpha value is -2.01. The molecule has 0 aliphatic rings. The van der Waals surface area contributed by atoms with E-state index in [4.69, 9.17) is 0 Å². The Morgan fingerprint density at radius 1 is 1.19 bits per heavy atom. The van der Waals surface area contributed by atoms with Gasteiger partial charge in [-0.15, -0.1) is 11.3 Å². The minimum absolute atomic E-state index is 0.342. The maximum atomic E-state index is 9.72. The van der Waals surface area contributed by atoms with Gasteiger partial charge in [-0.25, -0.2) is 4.98 Å². The van der Waals surface area contributed by atoms with Crippen LogP contribution in [0.4, 0.5) is 5.69 Å². The highest BCUT2D eigenvalue weighted by Gasteiger charge is 2.11. The maximum Gasteiger partial charge on any atom is 0.194 e. The Morgan fingerprint density at radius 2 is 1.95 bits per heavy atom. The molecule has 0 aliphatic heterocycles. The van der Waals surface area contributed by atoms with Gasteiger partial charge < -0.3 is 10.4 Å². The van der Waals surface area contributed by atoms with Gasteiger partial charge in [-0.3, -0.25) is 4.40 Å². The molecule has 1 aromatic carbocycles. The number of imidazole rings is 1. The molecule has 3 aromatic rings. The smallest absolute Gasteiger partial charge is 0.194 e. The fourth-order valence-corrected chi connectivity index (χ4v) is 3.38. The Bertz CT molecular complexity index is 817. The normalized spacial score (nSPS) is 11.2. The van der Waals surface area contributed by atoms with Crippen molar-refractivity contribution in [2.24, 2.45) is 0 Å². The maximum absolute atomic E-state index is 9.72. The van der Waals surface area contributed by atoms with Crippen molar-refractivity contribution >= 4 is 22.0 Å². The molecule has 0 saturated heterocycles. The van der Waals surface area contributed by atoms with E-state index in [9.17, 15) is 5.11 Å². The van der Waals surface area contributed by atoms with Crippen LogP contribution < -0.4 is 5.32 Å². The average Bonchev–Trinajstić information content (AvgIpc) is 2.88. The molecule has 0 amide bonds. The third kappa shape index (κ3) is 2.49. The van der Waals surface area contributed by atoms with Gasteiger partial charge in [0.05, 0.1) is 17.9 Å². The van der Waals surface area contributed by atoms with Gasteiger partial charge >= 0.3 is 0 Å². The number of benzene rings is 1. The second-order valence-corrected chi connectivity index (χ2v) is 6.66. The molecule has 0 spiro atoms. The van der Waals surface area contributed by atoms with E-state index in [2.05, 4.69) is 27.8 Å². The van der Waals surface area contributed by atoms with Crippen LogP contribution in [-0.4, -0.2) is 14.5 Å². The van der Waals surface area contributed by atoms with E-state index in [1.165, 1.54) is 10.6 Å². The van der Waals surface area contributed by atoms with Crippen LogP contribution in [0, 0.1) is 27.7 Å². The van der Waals surface area contributed by atoms with Gasteiger partial charge in [-0.2, -0.15) is 0 Å². The molecule has 5 heteroatoms. The second kappa shape index (κ2) is 5.07. The summed E-state index contributed by atoms with van der Waals surface area (Å²) in [6, 6.07) is 3.78. The SMILES string of the molecule is Cc1cn2c(CNc3cc(C)c(O)cc3C)c(C)nc2s1. The van der Waals surface area contributed by atoms with Crippen molar-refractivity contribution in [3.05, 3.63) is 45.7 Å². The van der Waals surface area contributed by atoms with Crippen molar-refractivity contribution in [3.63, 3.8) is 0 Å². The third-order valence-corrected chi connectivity index (χ3v) is 4.63. The van der Waals surface area contributed by atoms with Gasteiger partial charge in [0.25, 0.3) is 0 Å². The molecule has 4 nitrogen and oxygen atoms in total. The van der Waals surface area contributed by atoms with Gasteiger partial charge in [-0.05, 0) is 51.0 Å². The van der Waals surface area contributed by atoms with Crippen molar-refractivity contribution in [1.82, 2.24) is 9.38 Å². The monoisotopic (exact) mass is 301 g/mol. The van der Waals surface area contributed by atoms with Gasteiger partial charge in [0, 0.05) is 16.8 Å². The standard InChI is InChI=1S/C16H19N3OS/c1-9-6-15(20)10(2)5-13(9)17-7-14-12(4)18-16-19(14)8-11(3)21-16/h5-6,8,17,20H,7H2,1-4H3. The Morgan fingerprint density at radius 3 is 2.71 bits per heavy atom. The first-order chi connectivity index (χ1) is 9.95. The highest BCUT2D eigenvalue weighted by Crippen LogP contribution is 2.26. The molecule has 0 radical (unpaired) electrons. The summed E-state index contributed by atoms with van der Waals surface area (Å²) in [5.41, 5.74) is 5.20. The number of anilines is 1. The molecule has 0 fully saturated rings. The predicted octanol–water partition coefficient (Wildman–Crippen LogP) is 3.95. The Kier molecular flexibility index (Phi) is 3.37. The predicted molar refractivity (Wildman–Crippen MR) is 87.5 cm³/mol. The van der Waals surface area contributed by atoms with E-state index >= 15 is 0 Å². The molecule has 2 heterocycles. The van der Waals surface area contributed by atoms with Gasteiger partial charge in [0.15, 0.2) is 4.96 Å². The van der Waals surface area contributed by atoms with Crippen LogP contribution in [-0.2, 0) is 6.54 Å². The van der Waals surface area contributed by atoms with Gasteiger partial charge in [0.2, 0.25) is 0 Å². The van der Waals surface area contributed by atoms with Crippen molar-refractivity contribution in [2.75, 3.05) is 5.32 Å². The number of hydrogen-bond acceptors (Lipinski definition) is 4. The van der Waals surface area contributed by atoms with E-state index in [0.717, 1.165) is 27.5 Å². The molecular weight excluding hydrogens is 282 g/mol. The molecule has 2 aromatic heterocycles. The summed E-state index contributed by atoms with van der Waals surface area (Å²) in [5, 5.41) is 13.2. The topological polar surface area (TPSA) is 49.6 Å². The number of rotatable bonds is 3. The largest absolute Gasteiger partial charge is 0.508 e. The van der Waals surface area contributed by atoms with Crippen molar-refractivity contribution < 1.29 is 5.11 Å². The summed E-state index contributed by atoms with van der Waals surface area (Å²) in [5.74, 6) is 0.342. The van der Waals surface area contributed by atoms with Crippen LogP contribution in [0.3, 0.4) is 0 Å². The summed E-state index contributed by atoms with van der Waals surface area (Å²) in [6.45, 7) is 8.76. The third-order valence-electron chi connectivity index (χ3n) is 3.73. The first kappa shape index (κ1) is 13.9.